The molecule has 1 aromatic carbocycles. The Morgan fingerprint density at radius 3 is 2.50 bits per heavy atom. The van der Waals surface area contributed by atoms with Gasteiger partial charge in [0.15, 0.2) is 0 Å². The highest BCUT2D eigenvalue weighted by atomic mass is 16.5. The summed E-state index contributed by atoms with van der Waals surface area (Å²) >= 11 is 0. The van der Waals surface area contributed by atoms with Gasteiger partial charge in [-0.05, 0) is 24.1 Å². The molecule has 0 aliphatic carbocycles. The summed E-state index contributed by atoms with van der Waals surface area (Å²) in [4.78, 5) is 10.5. The minimum absolute atomic E-state index is 0.0691. The summed E-state index contributed by atoms with van der Waals surface area (Å²) in [5, 5.41) is 0. The van der Waals surface area contributed by atoms with Crippen LogP contribution in [0.15, 0.2) is 24.3 Å². The van der Waals surface area contributed by atoms with Crippen LogP contribution in [-0.4, -0.2) is 12.5 Å². The molecular formula is C12H18N2O2. The maximum absolute atomic E-state index is 10.5. The molecule has 0 aliphatic heterocycles. The quantitative estimate of drug-likeness (QED) is 0.762. The Balaban J connectivity index is 2.48. The first-order valence-electron chi connectivity index (χ1n) is 5.40. The lowest BCUT2D eigenvalue weighted by molar-refractivity contribution is -0.118. The van der Waals surface area contributed by atoms with Crippen LogP contribution in [0.5, 0.6) is 5.75 Å². The van der Waals surface area contributed by atoms with Crippen molar-refractivity contribution in [2.75, 3.05) is 6.61 Å². The number of amides is 1. The maximum Gasteiger partial charge on any atom is 0.220 e. The Morgan fingerprint density at radius 2 is 2.00 bits per heavy atom. The highest BCUT2D eigenvalue weighted by Gasteiger charge is 2.03. The zero-order valence-corrected chi connectivity index (χ0v) is 9.48. The van der Waals surface area contributed by atoms with E-state index in [-0.39, 0.29) is 18.4 Å². The van der Waals surface area contributed by atoms with Crippen molar-refractivity contribution in [3.8, 4) is 5.75 Å². The van der Waals surface area contributed by atoms with E-state index in [1.54, 1.807) is 0 Å². The Morgan fingerprint density at radius 1 is 1.38 bits per heavy atom. The van der Waals surface area contributed by atoms with Crippen molar-refractivity contribution in [1.82, 2.24) is 0 Å². The third-order valence-electron chi connectivity index (χ3n) is 2.37. The molecule has 0 aromatic heterocycles. The number of benzene rings is 1. The third-order valence-corrected chi connectivity index (χ3v) is 2.37. The van der Waals surface area contributed by atoms with E-state index in [2.05, 4.69) is 0 Å². The Labute approximate surface area is 95.6 Å². The molecule has 0 fully saturated rings. The summed E-state index contributed by atoms with van der Waals surface area (Å²) in [6.45, 7) is 2.36. The molecule has 4 N–H and O–H groups in total. The Kier molecular flexibility index (Phi) is 4.79. The lowest BCUT2D eigenvalue weighted by Gasteiger charge is -2.10. The molecule has 0 saturated carbocycles. The normalized spacial score (nSPS) is 12.1. The molecule has 1 amide bonds. The molecule has 1 aromatic rings. The standard InChI is InChI=1S/C12H18N2O2/c1-2-11(13)9-3-5-10(6-4-9)16-8-7-12(14)15/h3-6,11H,2,7-8,13H2,1H3,(H2,14,15)/t11-/m0/s1. The number of nitrogens with two attached hydrogens (primary N) is 2. The summed E-state index contributed by atoms with van der Waals surface area (Å²) in [5.74, 6) is 0.373. The minimum Gasteiger partial charge on any atom is -0.493 e. The second-order valence-electron chi connectivity index (χ2n) is 3.65. The first-order valence-corrected chi connectivity index (χ1v) is 5.40. The van der Waals surface area contributed by atoms with Crippen LogP contribution in [-0.2, 0) is 4.79 Å². The monoisotopic (exact) mass is 222 g/mol. The number of primary amides is 1. The van der Waals surface area contributed by atoms with Crippen LogP contribution in [0.2, 0.25) is 0 Å². The zero-order valence-electron chi connectivity index (χ0n) is 9.48. The fourth-order valence-electron chi connectivity index (χ4n) is 1.32. The van der Waals surface area contributed by atoms with Gasteiger partial charge >= 0.3 is 0 Å². The van der Waals surface area contributed by atoms with E-state index >= 15 is 0 Å². The van der Waals surface area contributed by atoms with E-state index in [9.17, 15) is 4.79 Å². The first-order chi connectivity index (χ1) is 7.63. The average Bonchev–Trinajstić information content (AvgIpc) is 2.28. The van der Waals surface area contributed by atoms with Crippen molar-refractivity contribution < 1.29 is 9.53 Å². The maximum atomic E-state index is 10.5. The summed E-state index contributed by atoms with van der Waals surface area (Å²) in [6.07, 6.45) is 1.14. The minimum atomic E-state index is -0.357. The molecule has 0 spiro atoms. The molecule has 0 unspecified atom stereocenters. The van der Waals surface area contributed by atoms with Gasteiger partial charge in [-0.1, -0.05) is 19.1 Å². The number of rotatable bonds is 6. The fourth-order valence-corrected chi connectivity index (χ4v) is 1.32. The second-order valence-corrected chi connectivity index (χ2v) is 3.65. The summed E-state index contributed by atoms with van der Waals surface area (Å²) in [6, 6.07) is 7.65. The highest BCUT2D eigenvalue weighted by Crippen LogP contribution is 2.18. The van der Waals surface area contributed by atoms with Gasteiger partial charge in [0, 0.05) is 6.04 Å². The van der Waals surface area contributed by atoms with E-state index in [1.807, 2.05) is 31.2 Å². The predicted molar refractivity (Wildman–Crippen MR) is 63.0 cm³/mol. The van der Waals surface area contributed by atoms with Crippen molar-refractivity contribution in [3.05, 3.63) is 29.8 Å². The second kappa shape index (κ2) is 6.12. The predicted octanol–water partition coefficient (Wildman–Crippen LogP) is 1.35. The molecule has 0 saturated heterocycles. The Bertz CT molecular complexity index is 335. The van der Waals surface area contributed by atoms with Crippen molar-refractivity contribution in [1.29, 1.82) is 0 Å². The topological polar surface area (TPSA) is 78.3 Å². The summed E-state index contributed by atoms with van der Waals surface area (Å²) in [5.41, 5.74) is 12.0. The first kappa shape index (κ1) is 12.5. The average molecular weight is 222 g/mol. The van der Waals surface area contributed by atoms with Gasteiger partial charge in [-0.25, -0.2) is 0 Å². The number of hydrogen-bond acceptors (Lipinski definition) is 3. The van der Waals surface area contributed by atoms with Crippen LogP contribution in [0.3, 0.4) is 0 Å². The SMILES string of the molecule is CC[C@H](N)c1ccc(OCCC(N)=O)cc1. The number of carbonyl (C=O) groups is 1. The van der Waals surface area contributed by atoms with Gasteiger partial charge in [0.25, 0.3) is 0 Å². The van der Waals surface area contributed by atoms with Crippen LogP contribution in [0.4, 0.5) is 0 Å². The van der Waals surface area contributed by atoms with Crippen molar-refractivity contribution >= 4 is 5.91 Å². The van der Waals surface area contributed by atoms with Crippen LogP contribution in [0.25, 0.3) is 0 Å². The van der Waals surface area contributed by atoms with Gasteiger partial charge in [0.1, 0.15) is 5.75 Å². The largest absolute Gasteiger partial charge is 0.493 e. The van der Waals surface area contributed by atoms with E-state index in [1.165, 1.54) is 0 Å². The van der Waals surface area contributed by atoms with Gasteiger partial charge in [-0.2, -0.15) is 0 Å². The van der Waals surface area contributed by atoms with E-state index in [0.29, 0.717) is 6.61 Å². The summed E-state index contributed by atoms with van der Waals surface area (Å²) in [7, 11) is 0. The van der Waals surface area contributed by atoms with Crippen molar-refractivity contribution in [2.45, 2.75) is 25.8 Å². The molecule has 1 atom stereocenters. The van der Waals surface area contributed by atoms with Gasteiger partial charge in [-0.15, -0.1) is 0 Å². The van der Waals surface area contributed by atoms with Crippen LogP contribution < -0.4 is 16.2 Å². The molecule has 0 bridgehead atoms. The molecule has 4 heteroatoms. The van der Waals surface area contributed by atoms with Crippen LogP contribution >= 0.6 is 0 Å². The summed E-state index contributed by atoms with van der Waals surface area (Å²) < 4.78 is 5.34. The number of carbonyl (C=O) groups excluding carboxylic acids is 1. The number of hydrogen-bond donors (Lipinski definition) is 2. The van der Waals surface area contributed by atoms with Gasteiger partial charge in [0.05, 0.1) is 13.0 Å². The molecule has 16 heavy (non-hydrogen) atoms. The molecule has 0 aliphatic rings. The highest BCUT2D eigenvalue weighted by molar-refractivity contribution is 5.73. The van der Waals surface area contributed by atoms with E-state index < -0.39 is 0 Å². The molecule has 1 rings (SSSR count). The smallest absolute Gasteiger partial charge is 0.220 e. The molecule has 4 nitrogen and oxygen atoms in total. The van der Waals surface area contributed by atoms with Gasteiger partial charge in [0.2, 0.25) is 5.91 Å². The van der Waals surface area contributed by atoms with Gasteiger partial charge < -0.3 is 16.2 Å². The zero-order chi connectivity index (χ0) is 12.0. The molecule has 0 heterocycles. The fraction of sp³-hybridized carbons (Fsp3) is 0.417. The lowest BCUT2D eigenvalue weighted by atomic mass is 10.1. The van der Waals surface area contributed by atoms with Crippen molar-refractivity contribution in [2.24, 2.45) is 11.5 Å². The third kappa shape index (κ3) is 3.90. The Hall–Kier alpha value is -1.55. The lowest BCUT2D eigenvalue weighted by Crippen LogP contribution is -2.14. The van der Waals surface area contributed by atoms with Crippen molar-refractivity contribution in [3.63, 3.8) is 0 Å². The van der Waals surface area contributed by atoms with Gasteiger partial charge in [-0.3, -0.25) is 4.79 Å². The molecular weight excluding hydrogens is 204 g/mol. The number of ether oxygens (including phenoxy) is 1. The van der Waals surface area contributed by atoms with Crippen LogP contribution in [0.1, 0.15) is 31.4 Å². The molecule has 0 radical (unpaired) electrons. The van der Waals surface area contributed by atoms with Crippen LogP contribution in [0, 0.1) is 0 Å². The van der Waals surface area contributed by atoms with E-state index in [0.717, 1.165) is 17.7 Å². The van der Waals surface area contributed by atoms with E-state index in [4.69, 9.17) is 16.2 Å². The molecule has 88 valence electrons.